The maximum absolute atomic E-state index is 11.1. The van der Waals surface area contributed by atoms with Crippen LogP contribution in [0.3, 0.4) is 0 Å². The van der Waals surface area contributed by atoms with Crippen molar-refractivity contribution in [2.24, 2.45) is 0 Å². The van der Waals surface area contributed by atoms with E-state index in [0.717, 1.165) is 23.3 Å². The normalized spacial score (nSPS) is 10.1. The lowest BCUT2D eigenvalue weighted by molar-refractivity contribution is -0.140. The first kappa shape index (κ1) is 13.6. The number of rotatable bonds is 5. The summed E-state index contributed by atoms with van der Waals surface area (Å²) in [5, 5.41) is 0. The van der Waals surface area contributed by atoms with E-state index in [9.17, 15) is 4.79 Å². The Morgan fingerprint density at radius 1 is 1.24 bits per heavy atom. The summed E-state index contributed by atoms with van der Waals surface area (Å²) in [7, 11) is 1.42. The molecule has 3 nitrogen and oxygen atoms in total. The third-order valence-electron chi connectivity index (χ3n) is 2.79. The summed E-state index contributed by atoms with van der Waals surface area (Å²) in [6.45, 7) is 6.72. The van der Waals surface area contributed by atoms with Gasteiger partial charge in [-0.25, -0.2) is 0 Å². The van der Waals surface area contributed by atoms with Crippen molar-refractivity contribution in [3.05, 3.63) is 28.8 Å². The fourth-order valence-electron chi connectivity index (χ4n) is 1.93. The average molecular weight is 236 g/mol. The Balaban J connectivity index is 2.82. The predicted molar refractivity (Wildman–Crippen MR) is 67.4 cm³/mol. The number of aryl methyl sites for hydroxylation is 2. The molecule has 0 amide bonds. The van der Waals surface area contributed by atoms with Crippen LogP contribution < -0.4 is 4.74 Å². The smallest absolute Gasteiger partial charge is 0.305 e. The van der Waals surface area contributed by atoms with E-state index in [1.807, 2.05) is 32.9 Å². The van der Waals surface area contributed by atoms with Crippen molar-refractivity contribution in [3.63, 3.8) is 0 Å². The molecule has 0 aliphatic heterocycles. The van der Waals surface area contributed by atoms with Crippen molar-refractivity contribution in [2.45, 2.75) is 33.6 Å². The summed E-state index contributed by atoms with van der Waals surface area (Å²) in [4.78, 5) is 11.1. The molecule has 0 heterocycles. The van der Waals surface area contributed by atoms with Gasteiger partial charge in [0.25, 0.3) is 0 Å². The molecule has 0 saturated carbocycles. The van der Waals surface area contributed by atoms with Crippen LogP contribution in [-0.2, 0) is 16.0 Å². The number of benzene rings is 1. The Hall–Kier alpha value is -1.51. The van der Waals surface area contributed by atoms with Gasteiger partial charge in [-0.05, 0) is 56.0 Å². The number of hydrogen-bond acceptors (Lipinski definition) is 3. The molecule has 1 rings (SSSR count). The number of hydrogen-bond donors (Lipinski definition) is 0. The quantitative estimate of drug-likeness (QED) is 0.737. The Morgan fingerprint density at radius 2 is 1.82 bits per heavy atom. The van der Waals surface area contributed by atoms with Crippen LogP contribution in [0, 0.1) is 13.8 Å². The van der Waals surface area contributed by atoms with Crippen LogP contribution in [0.1, 0.15) is 30.0 Å². The molecule has 0 radical (unpaired) electrons. The van der Waals surface area contributed by atoms with Crippen molar-refractivity contribution in [2.75, 3.05) is 13.7 Å². The minimum Gasteiger partial charge on any atom is -0.494 e. The Morgan fingerprint density at radius 3 is 2.29 bits per heavy atom. The molecule has 0 bridgehead atoms. The van der Waals surface area contributed by atoms with Crippen LogP contribution in [0.5, 0.6) is 5.75 Å². The van der Waals surface area contributed by atoms with Crippen molar-refractivity contribution < 1.29 is 14.3 Å². The molecule has 1 aromatic carbocycles. The van der Waals surface area contributed by atoms with Crippen LogP contribution in [0.15, 0.2) is 12.1 Å². The standard InChI is InChI=1S/C14H20O3/c1-5-17-12-8-10(2)13(11(3)9-12)6-7-14(15)16-4/h8-9H,5-7H2,1-4H3. The molecule has 17 heavy (non-hydrogen) atoms. The van der Waals surface area contributed by atoms with Gasteiger partial charge in [0, 0.05) is 6.42 Å². The Bertz CT molecular complexity index is 373. The highest BCUT2D eigenvalue weighted by Crippen LogP contribution is 2.23. The van der Waals surface area contributed by atoms with Crippen molar-refractivity contribution in [3.8, 4) is 5.75 Å². The van der Waals surface area contributed by atoms with E-state index < -0.39 is 0 Å². The summed E-state index contributed by atoms with van der Waals surface area (Å²) in [5.74, 6) is 0.724. The zero-order valence-electron chi connectivity index (χ0n) is 11.0. The molecule has 0 aromatic heterocycles. The monoisotopic (exact) mass is 236 g/mol. The maximum atomic E-state index is 11.1. The van der Waals surface area contributed by atoms with E-state index in [2.05, 4.69) is 4.74 Å². The van der Waals surface area contributed by atoms with Gasteiger partial charge < -0.3 is 9.47 Å². The van der Waals surface area contributed by atoms with Gasteiger partial charge >= 0.3 is 5.97 Å². The largest absolute Gasteiger partial charge is 0.494 e. The maximum Gasteiger partial charge on any atom is 0.305 e. The Labute approximate surface area is 103 Å². The molecule has 0 spiro atoms. The topological polar surface area (TPSA) is 35.5 Å². The van der Waals surface area contributed by atoms with Crippen molar-refractivity contribution in [1.82, 2.24) is 0 Å². The summed E-state index contributed by atoms with van der Waals surface area (Å²) >= 11 is 0. The number of carbonyl (C=O) groups excluding carboxylic acids is 1. The fraction of sp³-hybridized carbons (Fsp3) is 0.500. The number of ether oxygens (including phenoxy) is 2. The van der Waals surface area contributed by atoms with Gasteiger partial charge in [0.2, 0.25) is 0 Å². The molecular formula is C14H20O3. The summed E-state index contributed by atoms with van der Waals surface area (Å²) in [6.07, 6.45) is 1.14. The van der Waals surface area contributed by atoms with Gasteiger partial charge in [-0.15, -0.1) is 0 Å². The predicted octanol–water partition coefficient (Wildman–Crippen LogP) is 2.81. The first-order valence-electron chi connectivity index (χ1n) is 5.88. The van der Waals surface area contributed by atoms with Crippen LogP contribution in [-0.4, -0.2) is 19.7 Å². The van der Waals surface area contributed by atoms with E-state index in [1.165, 1.54) is 12.7 Å². The van der Waals surface area contributed by atoms with E-state index in [-0.39, 0.29) is 5.97 Å². The van der Waals surface area contributed by atoms with Crippen LogP contribution >= 0.6 is 0 Å². The van der Waals surface area contributed by atoms with Crippen molar-refractivity contribution in [1.29, 1.82) is 0 Å². The Kier molecular flexibility index (Phi) is 5.01. The second-order valence-corrected chi connectivity index (χ2v) is 4.04. The second-order valence-electron chi connectivity index (χ2n) is 4.04. The number of methoxy groups -OCH3 is 1. The lowest BCUT2D eigenvalue weighted by Gasteiger charge is -2.12. The zero-order chi connectivity index (χ0) is 12.8. The second kappa shape index (κ2) is 6.28. The van der Waals surface area contributed by atoms with Crippen LogP contribution in [0.4, 0.5) is 0 Å². The van der Waals surface area contributed by atoms with E-state index >= 15 is 0 Å². The summed E-state index contributed by atoms with van der Waals surface area (Å²) in [5.41, 5.74) is 3.54. The van der Waals surface area contributed by atoms with Gasteiger partial charge in [-0.3, -0.25) is 4.79 Å². The molecule has 0 fully saturated rings. The van der Waals surface area contributed by atoms with E-state index in [1.54, 1.807) is 0 Å². The highest BCUT2D eigenvalue weighted by Gasteiger charge is 2.08. The molecule has 1 aromatic rings. The molecule has 0 N–H and O–H groups in total. The minimum absolute atomic E-state index is 0.169. The average Bonchev–Trinajstić information content (AvgIpc) is 2.28. The zero-order valence-corrected chi connectivity index (χ0v) is 11.0. The van der Waals surface area contributed by atoms with Crippen molar-refractivity contribution >= 4 is 5.97 Å². The molecule has 94 valence electrons. The summed E-state index contributed by atoms with van der Waals surface area (Å²) in [6, 6.07) is 4.03. The van der Waals surface area contributed by atoms with Crippen LogP contribution in [0.25, 0.3) is 0 Å². The lowest BCUT2D eigenvalue weighted by Crippen LogP contribution is -2.04. The summed E-state index contributed by atoms with van der Waals surface area (Å²) < 4.78 is 10.1. The van der Waals surface area contributed by atoms with Gasteiger partial charge in [0.15, 0.2) is 0 Å². The molecule has 0 unspecified atom stereocenters. The highest BCUT2D eigenvalue weighted by atomic mass is 16.5. The first-order valence-corrected chi connectivity index (χ1v) is 5.88. The van der Waals surface area contributed by atoms with Gasteiger partial charge in [0.05, 0.1) is 13.7 Å². The molecular weight excluding hydrogens is 216 g/mol. The van der Waals surface area contributed by atoms with E-state index in [4.69, 9.17) is 4.74 Å². The lowest BCUT2D eigenvalue weighted by atomic mass is 9.98. The van der Waals surface area contributed by atoms with E-state index in [0.29, 0.717) is 13.0 Å². The highest BCUT2D eigenvalue weighted by molar-refractivity contribution is 5.69. The molecule has 0 aliphatic carbocycles. The molecule has 3 heteroatoms. The van der Waals surface area contributed by atoms with Gasteiger partial charge in [-0.2, -0.15) is 0 Å². The number of esters is 1. The SMILES string of the molecule is CCOc1cc(C)c(CCC(=O)OC)c(C)c1. The number of carbonyl (C=O) groups is 1. The molecule has 0 saturated heterocycles. The third-order valence-corrected chi connectivity index (χ3v) is 2.79. The minimum atomic E-state index is -0.169. The van der Waals surface area contributed by atoms with Gasteiger partial charge in [-0.1, -0.05) is 0 Å². The molecule has 0 atom stereocenters. The van der Waals surface area contributed by atoms with Gasteiger partial charge in [0.1, 0.15) is 5.75 Å². The first-order chi connectivity index (χ1) is 8.08. The molecule has 0 aliphatic rings. The van der Waals surface area contributed by atoms with Crippen LogP contribution in [0.2, 0.25) is 0 Å². The fourth-order valence-corrected chi connectivity index (χ4v) is 1.93. The third kappa shape index (κ3) is 3.77.